The summed E-state index contributed by atoms with van der Waals surface area (Å²) >= 11 is 7.32. The molecule has 1 aliphatic carbocycles. The van der Waals surface area contributed by atoms with Gasteiger partial charge in [0.1, 0.15) is 11.9 Å². The van der Waals surface area contributed by atoms with E-state index in [4.69, 9.17) is 9.47 Å². The standard InChI is InChI=1S/C22H37Br2O2/c1-3-5-7-9-11-13-15-25-21-17-20(24)22(18-19(21)23)26-16-14-12-10-8-6-4-2/h17-19H,3-16H2,1-2H3. The predicted molar refractivity (Wildman–Crippen MR) is 120 cm³/mol. The fourth-order valence-electron chi connectivity index (χ4n) is 2.95. The second-order valence-electron chi connectivity index (χ2n) is 7.06. The molecule has 1 radical (unpaired) electrons. The van der Waals surface area contributed by atoms with Crippen LogP contribution in [-0.4, -0.2) is 18.0 Å². The Labute approximate surface area is 178 Å². The molecule has 0 aromatic carbocycles. The Balaban J connectivity index is 2.16. The quantitative estimate of drug-likeness (QED) is 0.159. The van der Waals surface area contributed by atoms with Gasteiger partial charge < -0.3 is 9.47 Å². The molecule has 0 spiro atoms. The summed E-state index contributed by atoms with van der Waals surface area (Å²) in [5.74, 6) is 0.923. The van der Waals surface area contributed by atoms with Crippen LogP contribution in [0.3, 0.4) is 0 Å². The monoisotopic (exact) mass is 491 g/mol. The number of allylic oxidation sites excluding steroid dienone is 1. The lowest BCUT2D eigenvalue weighted by molar-refractivity contribution is 0.155. The van der Waals surface area contributed by atoms with Gasteiger partial charge >= 0.3 is 0 Å². The highest BCUT2D eigenvalue weighted by Crippen LogP contribution is 2.34. The lowest BCUT2D eigenvalue weighted by Crippen LogP contribution is -2.17. The van der Waals surface area contributed by atoms with Crippen molar-refractivity contribution in [2.24, 2.45) is 0 Å². The van der Waals surface area contributed by atoms with Crippen molar-refractivity contribution in [2.75, 3.05) is 13.2 Å². The van der Waals surface area contributed by atoms with Gasteiger partial charge in [-0.05, 0) is 40.9 Å². The van der Waals surface area contributed by atoms with Gasteiger partial charge in [-0.1, -0.05) is 94.0 Å². The number of rotatable bonds is 16. The van der Waals surface area contributed by atoms with Crippen LogP contribution in [0.15, 0.2) is 22.4 Å². The Morgan fingerprint density at radius 2 is 1.27 bits per heavy atom. The number of ether oxygens (including phenoxy) is 2. The molecule has 1 atom stereocenters. The van der Waals surface area contributed by atoms with Crippen molar-refractivity contribution in [1.82, 2.24) is 0 Å². The van der Waals surface area contributed by atoms with Crippen LogP contribution in [0.5, 0.6) is 0 Å². The lowest BCUT2D eigenvalue weighted by atomic mass is 10.1. The fourth-order valence-corrected chi connectivity index (χ4v) is 3.92. The van der Waals surface area contributed by atoms with E-state index in [-0.39, 0.29) is 4.83 Å². The number of halogens is 2. The van der Waals surface area contributed by atoms with Gasteiger partial charge in [0.15, 0.2) is 0 Å². The maximum Gasteiger partial charge on any atom is 0.138 e. The zero-order valence-corrected chi connectivity index (χ0v) is 19.9. The van der Waals surface area contributed by atoms with Gasteiger partial charge in [-0.2, -0.15) is 0 Å². The van der Waals surface area contributed by atoms with Crippen LogP contribution in [0.25, 0.3) is 0 Å². The number of hydrogen-bond acceptors (Lipinski definition) is 2. The summed E-state index contributed by atoms with van der Waals surface area (Å²) in [4.78, 5) is 0.100. The average Bonchev–Trinajstić information content (AvgIpc) is 2.63. The van der Waals surface area contributed by atoms with Gasteiger partial charge in [0, 0.05) is 6.61 Å². The first-order valence-corrected chi connectivity index (χ1v) is 12.3. The Kier molecular flexibility index (Phi) is 15.1. The molecule has 1 rings (SSSR count). The number of unbranched alkanes of at least 4 members (excludes halogenated alkanes) is 10. The average molecular weight is 493 g/mol. The Hall–Kier alpha value is 0.200. The van der Waals surface area contributed by atoms with Crippen molar-refractivity contribution in [1.29, 1.82) is 0 Å². The molecule has 2 nitrogen and oxygen atoms in total. The first kappa shape index (κ1) is 24.2. The first-order valence-electron chi connectivity index (χ1n) is 10.5. The van der Waals surface area contributed by atoms with E-state index in [1.54, 1.807) is 0 Å². The highest BCUT2D eigenvalue weighted by molar-refractivity contribution is 9.12. The van der Waals surface area contributed by atoms with Crippen LogP contribution in [0.2, 0.25) is 0 Å². The van der Waals surface area contributed by atoms with E-state index in [1.165, 1.54) is 64.2 Å². The molecule has 26 heavy (non-hydrogen) atoms. The molecular weight excluding hydrogens is 456 g/mol. The van der Waals surface area contributed by atoms with E-state index in [0.717, 1.165) is 42.4 Å². The van der Waals surface area contributed by atoms with Crippen molar-refractivity contribution < 1.29 is 9.47 Å². The van der Waals surface area contributed by atoms with Crippen LogP contribution in [0, 0.1) is 6.10 Å². The number of hydrogen-bond donors (Lipinski definition) is 0. The zero-order valence-electron chi connectivity index (χ0n) is 16.7. The molecule has 4 heteroatoms. The molecule has 0 aromatic rings. The molecule has 0 amide bonds. The third kappa shape index (κ3) is 11.1. The Morgan fingerprint density at radius 1 is 0.769 bits per heavy atom. The molecule has 0 fully saturated rings. The Bertz CT molecular complexity index is 407. The Morgan fingerprint density at radius 3 is 1.85 bits per heavy atom. The third-order valence-electron chi connectivity index (χ3n) is 4.60. The minimum atomic E-state index is 0.100. The summed E-state index contributed by atoms with van der Waals surface area (Å²) in [6.07, 6.45) is 20.5. The van der Waals surface area contributed by atoms with E-state index >= 15 is 0 Å². The lowest BCUT2D eigenvalue weighted by Gasteiger charge is -2.23. The van der Waals surface area contributed by atoms with Crippen molar-refractivity contribution in [3.05, 3.63) is 28.5 Å². The summed E-state index contributed by atoms with van der Waals surface area (Å²) in [5, 5.41) is 0. The van der Waals surface area contributed by atoms with Gasteiger partial charge in [0.2, 0.25) is 0 Å². The second kappa shape index (κ2) is 16.2. The molecule has 0 bridgehead atoms. The summed E-state index contributed by atoms with van der Waals surface area (Å²) in [6.45, 7) is 6.08. The van der Waals surface area contributed by atoms with Gasteiger partial charge in [-0.3, -0.25) is 0 Å². The van der Waals surface area contributed by atoms with E-state index in [9.17, 15) is 0 Å². The first-order chi connectivity index (χ1) is 12.7. The largest absolute Gasteiger partial charge is 0.493 e. The topological polar surface area (TPSA) is 18.5 Å². The number of alkyl halides is 1. The van der Waals surface area contributed by atoms with E-state index in [0.29, 0.717) is 0 Å². The highest BCUT2D eigenvalue weighted by atomic mass is 79.9. The molecular formula is C22H37Br2O2. The molecule has 1 aliphatic rings. The maximum absolute atomic E-state index is 5.96. The van der Waals surface area contributed by atoms with Crippen LogP contribution in [-0.2, 0) is 9.47 Å². The summed E-state index contributed by atoms with van der Waals surface area (Å²) < 4.78 is 12.9. The molecule has 0 saturated carbocycles. The van der Waals surface area contributed by atoms with Crippen molar-refractivity contribution >= 4 is 31.9 Å². The van der Waals surface area contributed by atoms with Crippen LogP contribution < -0.4 is 0 Å². The molecule has 151 valence electrons. The molecule has 0 aromatic heterocycles. The fraction of sp³-hybridized carbons (Fsp3) is 0.773. The SMILES string of the molecule is CCCCCCCCO[C]1C=C(Br)C(OCCCCCCCC)=CC1Br. The van der Waals surface area contributed by atoms with Gasteiger partial charge in [-0.25, -0.2) is 0 Å². The summed E-state index contributed by atoms with van der Waals surface area (Å²) in [7, 11) is 0. The minimum absolute atomic E-state index is 0.100. The van der Waals surface area contributed by atoms with E-state index < -0.39 is 0 Å². The normalized spacial score (nSPS) is 17.9. The van der Waals surface area contributed by atoms with Crippen molar-refractivity contribution in [3.8, 4) is 0 Å². The van der Waals surface area contributed by atoms with Gasteiger partial charge in [0.25, 0.3) is 0 Å². The van der Waals surface area contributed by atoms with Crippen molar-refractivity contribution in [3.63, 3.8) is 0 Å². The second-order valence-corrected chi connectivity index (χ2v) is 8.90. The molecule has 0 saturated heterocycles. The van der Waals surface area contributed by atoms with Crippen LogP contribution in [0.1, 0.15) is 90.9 Å². The maximum atomic E-state index is 5.96. The highest BCUT2D eigenvalue weighted by Gasteiger charge is 2.24. The van der Waals surface area contributed by atoms with E-state index in [2.05, 4.69) is 51.8 Å². The molecule has 1 unspecified atom stereocenters. The van der Waals surface area contributed by atoms with Crippen LogP contribution >= 0.6 is 31.9 Å². The summed E-state index contributed by atoms with van der Waals surface area (Å²) in [5.41, 5.74) is 0. The third-order valence-corrected chi connectivity index (χ3v) is 5.93. The van der Waals surface area contributed by atoms with E-state index in [1.807, 2.05) is 6.08 Å². The van der Waals surface area contributed by atoms with Crippen molar-refractivity contribution in [2.45, 2.75) is 95.7 Å². The van der Waals surface area contributed by atoms with Crippen LogP contribution in [0.4, 0.5) is 0 Å². The predicted octanol–water partition coefficient (Wildman–Crippen LogP) is 8.21. The summed E-state index contributed by atoms with van der Waals surface area (Å²) in [6, 6.07) is 0. The minimum Gasteiger partial charge on any atom is -0.493 e. The molecule has 0 N–H and O–H groups in total. The zero-order chi connectivity index (χ0) is 19.0. The van der Waals surface area contributed by atoms with Gasteiger partial charge in [0.05, 0.1) is 15.9 Å². The smallest absolute Gasteiger partial charge is 0.138 e. The molecule has 0 heterocycles. The molecule has 0 aliphatic heterocycles. The van der Waals surface area contributed by atoms with Gasteiger partial charge in [-0.15, -0.1) is 0 Å².